The van der Waals surface area contributed by atoms with E-state index in [1.807, 2.05) is 0 Å². The maximum absolute atomic E-state index is 13.5. The highest BCUT2D eigenvalue weighted by molar-refractivity contribution is 7.72. The summed E-state index contributed by atoms with van der Waals surface area (Å²) >= 11 is 19.8. The molecule has 0 aliphatic heterocycles. The summed E-state index contributed by atoms with van der Waals surface area (Å²) in [5.74, 6) is -1.09. The SMILES string of the molecule is CN(Cc1csc(C(=O)Nc2c(OCCCn3ccnc3O)cc(Cl)cc2C(=O)Nc2ccc(Cl)cn2)c1Cl)C[SH](=O)=O. The molecule has 0 fully saturated rings. The topological polar surface area (TPSA) is 156 Å². The zero-order valence-corrected chi connectivity index (χ0v) is 26.4. The molecule has 0 spiro atoms. The second kappa shape index (κ2) is 14.9. The lowest BCUT2D eigenvalue weighted by Gasteiger charge is -2.17. The molecule has 43 heavy (non-hydrogen) atoms. The first-order valence-corrected chi connectivity index (χ1v) is 15.9. The van der Waals surface area contributed by atoms with Crippen molar-refractivity contribution in [1.29, 1.82) is 0 Å². The van der Waals surface area contributed by atoms with Crippen LogP contribution in [-0.2, 0) is 23.8 Å². The van der Waals surface area contributed by atoms with E-state index in [0.29, 0.717) is 23.6 Å². The highest BCUT2D eigenvalue weighted by Gasteiger charge is 2.24. The van der Waals surface area contributed by atoms with Gasteiger partial charge in [-0.15, -0.1) is 11.3 Å². The van der Waals surface area contributed by atoms with Gasteiger partial charge in [-0.05, 0) is 42.6 Å². The number of aryl methyl sites for hydroxylation is 1. The minimum Gasteiger partial charge on any atom is -0.491 e. The number of thiophene rings is 1. The number of hydrogen-bond acceptors (Lipinski definition) is 10. The normalized spacial score (nSPS) is 11.2. The Kier molecular flexibility index (Phi) is 11.2. The highest BCUT2D eigenvalue weighted by Crippen LogP contribution is 2.36. The molecular weight excluding hydrogens is 663 g/mol. The minimum absolute atomic E-state index is 0.00765. The van der Waals surface area contributed by atoms with E-state index in [9.17, 15) is 23.1 Å². The Hall–Kier alpha value is -3.40. The molecule has 3 aromatic heterocycles. The number of amides is 2. The van der Waals surface area contributed by atoms with Gasteiger partial charge in [-0.2, -0.15) is 0 Å². The van der Waals surface area contributed by atoms with Crippen molar-refractivity contribution in [2.24, 2.45) is 0 Å². The van der Waals surface area contributed by atoms with Gasteiger partial charge in [0.25, 0.3) is 17.8 Å². The fourth-order valence-electron chi connectivity index (χ4n) is 3.90. The van der Waals surface area contributed by atoms with Crippen LogP contribution in [0.25, 0.3) is 0 Å². The van der Waals surface area contributed by atoms with Crippen molar-refractivity contribution in [2.45, 2.75) is 19.5 Å². The lowest BCUT2D eigenvalue weighted by molar-refractivity contribution is 0.102. The van der Waals surface area contributed by atoms with Gasteiger partial charge in [-0.25, -0.2) is 18.4 Å². The Morgan fingerprint density at radius 1 is 1.12 bits per heavy atom. The van der Waals surface area contributed by atoms with Gasteiger partial charge in [0, 0.05) is 42.8 Å². The van der Waals surface area contributed by atoms with Crippen molar-refractivity contribution in [3.05, 3.63) is 79.3 Å². The van der Waals surface area contributed by atoms with Gasteiger partial charge in [0.05, 0.1) is 33.8 Å². The number of ether oxygens (including phenoxy) is 1. The van der Waals surface area contributed by atoms with Gasteiger partial charge < -0.3 is 25.0 Å². The molecule has 0 saturated heterocycles. The van der Waals surface area contributed by atoms with Gasteiger partial charge in [-0.3, -0.25) is 14.5 Å². The first kappa shape index (κ1) is 32.5. The smallest absolute Gasteiger partial charge is 0.293 e. The van der Waals surface area contributed by atoms with E-state index in [4.69, 9.17) is 39.5 Å². The van der Waals surface area contributed by atoms with Crippen LogP contribution in [-0.4, -0.2) is 64.3 Å². The summed E-state index contributed by atoms with van der Waals surface area (Å²) in [6, 6.07) is 5.77. The largest absolute Gasteiger partial charge is 0.491 e. The van der Waals surface area contributed by atoms with E-state index in [0.717, 1.165) is 11.3 Å². The molecule has 12 nitrogen and oxygen atoms in total. The van der Waals surface area contributed by atoms with E-state index < -0.39 is 22.5 Å². The van der Waals surface area contributed by atoms with Crippen LogP contribution >= 0.6 is 46.1 Å². The zero-order chi connectivity index (χ0) is 31.1. The fraction of sp³-hybridized carbons (Fsp3) is 0.231. The number of benzene rings is 1. The summed E-state index contributed by atoms with van der Waals surface area (Å²) in [6.45, 7) is 0.737. The maximum atomic E-state index is 13.5. The van der Waals surface area contributed by atoms with Crippen LogP contribution in [0.2, 0.25) is 15.1 Å². The molecule has 2 amide bonds. The third-order valence-electron chi connectivity index (χ3n) is 5.82. The van der Waals surface area contributed by atoms with Crippen LogP contribution in [0.3, 0.4) is 0 Å². The molecule has 0 saturated carbocycles. The van der Waals surface area contributed by atoms with Crippen LogP contribution in [0.15, 0.2) is 48.2 Å². The summed E-state index contributed by atoms with van der Waals surface area (Å²) in [4.78, 5) is 36.4. The van der Waals surface area contributed by atoms with Gasteiger partial charge in [0.15, 0.2) is 10.7 Å². The third-order valence-corrected chi connectivity index (χ3v) is 8.54. The number of imidazole rings is 1. The lowest BCUT2D eigenvalue weighted by atomic mass is 10.1. The first-order chi connectivity index (χ1) is 20.5. The highest BCUT2D eigenvalue weighted by atomic mass is 35.5. The number of aromatic nitrogens is 3. The van der Waals surface area contributed by atoms with E-state index in [2.05, 4.69) is 20.6 Å². The maximum Gasteiger partial charge on any atom is 0.293 e. The number of halogens is 3. The van der Waals surface area contributed by atoms with E-state index in [1.165, 1.54) is 35.2 Å². The number of nitrogens with one attached hydrogen (secondary N) is 2. The summed E-state index contributed by atoms with van der Waals surface area (Å²) in [5, 5.41) is 17.5. The summed E-state index contributed by atoms with van der Waals surface area (Å²) < 4.78 is 29.6. The van der Waals surface area contributed by atoms with Crippen LogP contribution in [0.1, 0.15) is 32.0 Å². The zero-order valence-electron chi connectivity index (χ0n) is 22.4. The van der Waals surface area contributed by atoms with Crippen molar-refractivity contribution >= 4 is 80.2 Å². The number of nitrogens with zero attached hydrogens (tertiary/aromatic N) is 4. The number of rotatable bonds is 13. The Balaban J connectivity index is 1.60. The van der Waals surface area contributed by atoms with Crippen molar-refractivity contribution in [3.63, 3.8) is 0 Å². The Morgan fingerprint density at radius 2 is 1.91 bits per heavy atom. The van der Waals surface area contributed by atoms with Crippen LogP contribution in [0, 0.1) is 0 Å². The Morgan fingerprint density at radius 3 is 2.58 bits per heavy atom. The van der Waals surface area contributed by atoms with Crippen LogP contribution in [0.5, 0.6) is 11.8 Å². The third kappa shape index (κ3) is 8.81. The molecule has 3 N–H and O–H groups in total. The molecule has 0 bridgehead atoms. The predicted octanol–water partition coefficient (Wildman–Crippen LogP) is 4.98. The Bertz CT molecular complexity index is 1680. The molecule has 4 rings (SSSR count). The monoisotopic (exact) mass is 686 g/mol. The molecule has 17 heteroatoms. The number of carbonyl (C=O) groups excluding carboxylic acids is 2. The van der Waals surface area contributed by atoms with E-state index >= 15 is 0 Å². The molecule has 4 aromatic rings. The van der Waals surface area contributed by atoms with E-state index in [-0.39, 0.29) is 62.8 Å². The van der Waals surface area contributed by atoms with E-state index in [1.54, 1.807) is 29.6 Å². The molecule has 1 aromatic carbocycles. The van der Waals surface area contributed by atoms with Gasteiger partial charge in [0.2, 0.25) is 0 Å². The average molecular weight is 688 g/mol. The lowest BCUT2D eigenvalue weighted by Crippen LogP contribution is -2.20. The number of aromatic hydroxyl groups is 1. The van der Waals surface area contributed by atoms with Gasteiger partial charge in [0.1, 0.15) is 16.4 Å². The van der Waals surface area contributed by atoms with Crippen molar-refractivity contribution in [1.82, 2.24) is 19.4 Å². The van der Waals surface area contributed by atoms with Crippen LogP contribution < -0.4 is 15.4 Å². The van der Waals surface area contributed by atoms with Crippen molar-refractivity contribution in [2.75, 3.05) is 30.2 Å². The summed E-state index contributed by atoms with van der Waals surface area (Å²) in [5.41, 5.74) is 0.600. The van der Waals surface area contributed by atoms with Crippen LogP contribution in [0.4, 0.5) is 11.5 Å². The molecule has 0 aliphatic carbocycles. The standard InChI is InChI=1S/C26H25Cl3N6O6S2/c1-34(14-43(39)40)12-15-13-42-23(21(15)29)25(37)33-22-18(24(36)32-20-4-3-16(27)11-31-20)9-17(28)10-19(22)41-8-2-6-35-7-5-30-26(35)38/h3-5,7,9-11,13,43H,2,6,8,12,14H2,1H3,(H,30,38)(H,33,37)(H,31,32,36). The molecular formula is C26H25Cl3N6O6S2. The average Bonchev–Trinajstić information content (AvgIpc) is 3.52. The molecule has 0 atom stereocenters. The summed E-state index contributed by atoms with van der Waals surface area (Å²) in [7, 11) is -1.01. The number of carbonyl (C=O) groups is 2. The molecule has 3 heterocycles. The molecule has 228 valence electrons. The number of thiol groups is 1. The predicted molar refractivity (Wildman–Crippen MR) is 167 cm³/mol. The number of anilines is 2. The summed E-state index contributed by atoms with van der Waals surface area (Å²) in [6.07, 6.45) is 4.90. The Labute approximate surface area is 267 Å². The molecule has 0 radical (unpaired) electrons. The minimum atomic E-state index is -2.62. The number of hydrogen-bond donors (Lipinski definition) is 4. The van der Waals surface area contributed by atoms with Gasteiger partial charge >= 0.3 is 0 Å². The van der Waals surface area contributed by atoms with Gasteiger partial charge in [-0.1, -0.05) is 34.8 Å². The number of pyridine rings is 1. The quantitative estimate of drug-likeness (QED) is 0.113. The van der Waals surface area contributed by atoms with Crippen molar-refractivity contribution in [3.8, 4) is 11.8 Å². The second-order valence-electron chi connectivity index (χ2n) is 9.11. The fourth-order valence-corrected chi connectivity index (χ4v) is 5.96. The second-order valence-corrected chi connectivity index (χ2v) is 12.2. The molecule has 0 unspecified atom stereocenters. The first-order valence-electron chi connectivity index (χ1n) is 12.5. The molecule has 0 aliphatic rings. The van der Waals surface area contributed by atoms with Crippen molar-refractivity contribution < 1.29 is 27.9 Å².